The minimum Gasteiger partial charge on any atom is -0.321 e. The van der Waals surface area contributed by atoms with Crippen LogP contribution in [0.4, 0.5) is 10.7 Å². The van der Waals surface area contributed by atoms with Crippen molar-refractivity contribution in [3.63, 3.8) is 0 Å². The molecule has 6 heteroatoms. The number of para-hydroxylation sites is 1. The summed E-state index contributed by atoms with van der Waals surface area (Å²) in [4.78, 5) is 29.6. The van der Waals surface area contributed by atoms with E-state index in [1.807, 2.05) is 49.4 Å². The van der Waals surface area contributed by atoms with Gasteiger partial charge >= 0.3 is 0 Å². The molecule has 2 aromatic heterocycles. The van der Waals surface area contributed by atoms with Gasteiger partial charge in [0.2, 0.25) is 5.91 Å². The molecule has 26 heavy (non-hydrogen) atoms. The molecular weight excluding hydrogens is 346 g/mol. The molecule has 0 bridgehead atoms. The maximum Gasteiger partial charge on any atom is 0.266 e. The number of anilines is 2. The van der Waals surface area contributed by atoms with Crippen molar-refractivity contribution in [1.29, 1.82) is 0 Å². The lowest BCUT2D eigenvalue weighted by molar-refractivity contribution is -0.116. The molecule has 1 aliphatic rings. The molecule has 0 spiro atoms. The van der Waals surface area contributed by atoms with Crippen molar-refractivity contribution >= 4 is 33.8 Å². The van der Waals surface area contributed by atoms with E-state index in [1.54, 1.807) is 12.4 Å². The predicted molar refractivity (Wildman–Crippen MR) is 103 cm³/mol. The number of hydrogen-bond donors (Lipinski definition) is 2. The Balaban J connectivity index is 1.72. The maximum atomic E-state index is 12.8. The van der Waals surface area contributed by atoms with Crippen LogP contribution in [-0.4, -0.2) is 16.8 Å². The predicted octanol–water partition coefficient (Wildman–Crippen LogP) is 4.18. The first-order valence-corrected chi connectivity index (χ1v) is 9.14. The molecule has 1 atom stereocenters. The molecule has 1 unspecified atom stereocenters. The van der Waals surface area contributed by atoms with Crippen LogP contribution in [0, 0.1) is 6.92 Å². The third-order valence-electron chi connectivity index (χ3n) is 4.53. The summed E-state index contributed by atoms with van der Waals surface area (Å²) >= 11 is 1.33. The Hall–Kier alpha value is -2.99. The summed E-state index contributed by atoms with van der Waals surface area (Å²) in [5, 5.41) is 6.61. The lowest BCUT2D eigenvalue weighted by atomic mass is 9.85. The molecule has 0 fully saturated rings. The van der Waals surface area contributed by atoms with Crippen molar-refractivity contribution in [3.05, 3.63) is 76.4 Å². The second-order valence-electron chi connectivity index (χ2n) is 6.20. The maximum absolute atomic E-state index is 12.8. The molecule has 1 aromatic carbocycles. The number of benzene rings is 1. The topological polar surface area (TPSA) is 71.1 Å². The molecule has 130 valence electrons. The summed E-state index contributed by atoms with van der Waals surface area (Å²) in [6, 6.07) is 13.2. The van der Waals surface area contributed by atoms with Gasteiger partial charge in [-0.1, -0.05) is 18.2 Å². The molecule has 2 N–H and O–H groups in total. The van der Waals surface area contributed by atoms with Gasteiger partial charge in [-0.2, -0.15) is 0 Å². The van der Waals surface area contributed by atoms with Crippen molar-refractivity contribution in [2.45, 2.75) is 19.3 Å². The average Bonchev–Trinajstić information content (AvgIpc) is 2.99. The third-order valence-corrected chi connectivity index (χ3v) is 5.75. The monoisotopic (exact) mass is 363 g/mol. The molecule has 0 radical (unpaired) electrons. The van der Waals surface area contributed by atoms with Crippen molar-refractivity contribution in [1.82, 2.24) is 4.98 Å². The minimum atomic E-state index is -0.157. The highest BCUT2D eigenvalue weighted by atomic mass is 32.1. The number of carbonyl (C=O) groups is 2. The molecule has 0 saturated carbocycles. The lowest BCUT2D eigenvalue weighted by Crippen LogP contribution is -2.22. The van der Waals surface area contributed by atoms with Gasteiger partial charge in [0, 0.05) is 30.4 Å². The van der Waals surface area contributed by atoms with Crippen molar-refractivity contribution in [3.8, 4) is 0 Å². The Morgan fingerprint density at radius 1 is 1.19 bits per heavy atom. The van der Waals surface area contributed by atoms with E-state index in [2.05, 4.69) is 15.6 Å². The Kier molecular flexibility index (Phi) is 4.26. The van der Waals surface area contributed by atoms with E-state index in [4.69, 9.17) is 0 Å². The quantitative estimate of drug-likeness (QED) is 0.733. The average molecular weight is 363 g/mol. The SMILES string of the molecule is Cc1c(C(=O)Nc2ccccc2)sc2c1C(c1ccncc1)CC(=O)N2. The molecule has 3 heterocycles. The molecule has 0 saturated heterocycles. The fourth-order valence-corrected chi connectivity index (χ4v) is 4.49. The molecule has 3 aromatic rings. The van der Waals surface area contributed by atoms with Crippen molar-refractivity contribution in [2.24, 2.45) is 0 Å². The van der Waals surface area contributed by atoms with E-state index < -0.39 is 0 Å². The van der Waals surface area contributed by atoms with Crippen LogP contribution >= 0.6 is 11.3 Å². The van der Waals surface area contributed by atoms with Gasteiger partial charge in [0.1, 0.15) is 0 Å². The summed E-state index contributed by atoms with van der Waals surface area (Å²) in [5.41, 5.74) is 3.73. The first-order chi connectivity index (χ1) is 12.6. The molecule has 0 aliphatic carbocycles. The van der Waals surface area contributed by atoms with Gasteiger partial charge < -0.3 is 10.6 Å². The normalized spacial score (nSPS) is 15.9. The third kappa shape index (κ3) is 2.99. The summed E-state index contributed by atoms with van der Waals surface area (Å²) in [6.45, 7) is 1.95. The Morgan fingerprint density at radius 3 is 2.65 bits per heavy atom. The molecule has 2 amide bonds. The van der Waals surface area contributed by atoms with Crippen LogP contribution < -0.4 is 10.6 Å². The van der Waals surface area contributed by atoms with Crippen molar-refractivity contribution < 1.29 is 9.59 Å². The van der Waals surface area contributed by atoms with Gasteiger partial charge in [-0.25, -0.2) is 0 Å². The van der Waals surface area contributed by atoms with E-state index in [0.29, 0.717) is 11.3 Å². The second kappa shape index (κ2) is 6.72. The Morgan fingerprint density at radius 2 is 1.92 bits per heavy atom. The number of carbonyl (C=O) groups excluding carboxylic acids is 2. The van der Waals surface area contributed by atoms with Gasteiger partial charge in [-0.05, 0) is 47.9 Å². The summed E-state index contributed by atoms with van der Waals surface area (Å²) in [6.07, 6.45) is 3.83. The molecule has 5 nitrogen and oxygen atoms in total. The number of hydrogen-bond acceptors (Lipinski definition) is 4. The van der Waals surface area contributed by atoms with E-state index in [1.165, 1.54) is 11.3 Å². The van der Waals surface area contributed by atoms with Crippen LogP contribution in [-0.2, 0) is 4.79 Å². The van der Waals surface area contributed by atoms with Crippen LogP contribution in [0.25, 0.3) is 0 Å². The number of amides is 2. The fraction of sp³-hybridized carbons (Fsp3) is 0.150. The summed E-state index contributed by atoms with van der Waals surface area (Å²) < 4.78 is 0. The zero-order valence-corrected chi connectivity index (χ0v) is 15.0. The number of pyridine rings is 1. The lowest BCUT2D eigenvalue weighted by Gasteiger charge is -2.23. The highest BCUT2D eigenvalue weighted by molar-refractivity contribution is 7.18. The number of rotatable bonds is 3. The zero-order chi connectivity index (χ0) is 18.1. The van der Waals surface area contributed by atoms with E-state index in [9.17, 15) is 9.59 Å². The zero-order valence-electron chi connectivity index (χ0n) is 14.2. The minimum absolute atomic E-state index is 0.0319. The van der Waals surface area contributed by atoms with E-state index in [-0.39, 0.29) is 17.7 Å². The smallest absolute Gasteiger partial charge is 0.266 e. The van der Waals surface area contributed by atoms with Gasteiger partial charge in [0.05, 0.1) is 9.88 Å². The number of aromatic nitrogens is 1. The van der Waals surface area contributed by atoms with Crippen LogP contribution in [0.5, 0.6) is 0 Å². The first-order valence-electron chi connectivity index (χ1n) is 8.33. The number of nitrogens with zero attached hydrogens (tertiary/aromatic N) is 1. The van der Waals surface area contributed by atoms with E-state index in [0.717, 1.165) is 27.4 Å². The van der Waals surface area contributed by atoms with Gasteiger partial charge in [-0.15, -0.1) is 11.3 Å². The Labute approximate surface area is 155 Å². The standard InChI is InChI=1S/C20H17N3O2S/c1-12-17-15(13-7-9-21-10-8-13)11-16(24)23-20(17)26-18(12)19(25)22-14-5-3-2-4-6-14/h2-10,15H,11H2,1H3,(H,22,25)(H,23,24). The van der Waals surface area contributed by atoms with Crippen LogP contribution in [0.3, 0.4) is 0 Å². The van der Waals surface area contributed by atoms with Crippen molar-refractivity contribution in [2.75, 3.05) is 10.6 Å². The largest absolute Gasteiger partial charge is 0.321 e. The molecular formula is C20H17N3O2S. The first kappa shape index (κ1) is 16.5. The van der Waals surface area contributed by atoms with Crippen LogP contribution in [0.15, 0.2) is 54.9 Å². The number of nitrogens with one attached hydrogen (secondary N) is 2. The van der Waals surface area contributed by atoms with Gasteiger partial charge in [0.25, 0.3) is 5.91 Å². The summed E-state index contributed by atoms with van der Waals surface area (Å²) in [5.74, 6) is -0.248. The Bertz CT molecular complexity index is 967. The molecule has 4 rings (SSSR count). The highest BCUT2D eigenvalue weighted by Crippen LogP contribution is 2.45. The van der Waals surface area contributed by atoms with Gasteiger partial charge in [0.15, 0.2) is 0 Å². The second-order valence-corrected chi connectivity index (χ2v) is 7.23. The summed E-state index contributed by atoms with van der Waals surface area (Å²) in [7, 11) is 0. The van der Waals surface area contributed by atoms with Gasteiger partial charge in [-0.3, -0.25) is 14.6 Å². The number of thiophene rings is 1. The number of fused-ring (bicyclic) bond motifs is 1. The fourth-order valence-electron chi connectivity index (χ4n) is 3.31. The van der Waals surface area contributed by atoms with Crippen LogP contribution in [0.2, 0.25) is 0 Å². The molecule has 1 aliphatic heterocycles. The van der Waals surface area contributed by atoms with E-state index >= 15 is 0 Å². The van der Waals surface area contributed by atoms with Crippen LogP contribution in [0.1, 0.15) is 38.7 Å². The highest BCUT2D eigenvalue weighted by Gasteiger charge is 2.32.